The molecular formula is C13H17FN2O2. The summed E-state index contributed by atoms with van der Waals surface area (Å²) in [5, 5.41) is 12.9. The topological polar surface area (TPSA) is 52.6 Å². The number of aromatic hydroxyl groups is 1. The predicted molar refractivity (Wildman–Crippen MR) is 66.1 cm³/mol. The van der Waals surface area contributed by atoms with Crippen molar-refractivity contribution in [2.45, 2.75) is 19.4 Å². The molecule has 1 aliphatic heterocycles. The van der Waals surface area contributed by atoms with E-state index in [-0.39, 0.29) is 22.8 Å². The van der Waals surface area contributed by atoms with Gasteiger partial charge in [0.2, 0.25) is 0 Å². The summed E-state index contributed by atoms with van der Waals surface area (Å²) in [5.74, 6) is -1.12. The molecular weight excluding hydrogens is 235 g/mol. The summed E-state index contributed by atoms with van der Waals surface area (Å²) in [6.45, 7) is 5.87. The lowest BCUT2D eigenvalue weighted by Gasteiger charge is -2.39. The maximum Gasteiger partial charge on any atom is 0.257 e. The second-order valence-corrected chi connectivity index (χ2v) is 5.20. The first-order valence-corrected chi connectivity index (χ1v) is 5.92. The molecule has 0 spiro atoms. The highest BCUT2D eigenvalue weighted by atomic mass is 19.1. The van der Waals surface area contributed by atoms with Gasteiger partial charge >= 0.3 is 0 Å². The molecule has 0 saturated carbocycles. The molecule has 1 saturated heterocycles. The molecule has 0 aromatic heterocycles. The van der Waals surface area contributed by atoms with Gasteiger partial charge in [0, 0.05) is 31.2 Å². The highest BCUT2D eigenvalue weighted by Gasteiger charge is 2.30. The van der Waals surface area contributed by atoms with Gasteiger partial charge in [0.25, 0.3) is 5.91 Å². The average molecular weight is 252 g/mol. The van der Waals surface area contributed by atoms with E-state index in [1.807, 2.05) is 13.8 Å². The Kier molecular flexibility index (Phi) is 3.26. The highest BCUT2D eigenvalue weighted by Crippen LogP contribution is 2.21. The number of phenolic OH excluding ortho intramolecular Hbond substituents is 1. The van der Waals surface area contributed by atoms with Crippen LogP contribution < -0.4 is 5.32 Å². The van der Waals surface area contributed by atoms with Crippen LogP contribution in [0, 0.1) is 5.82 Å². The largest absolute Gasteiger partial charge is 0.507 e. The molecule has 1 fully saturated rings. The SMILES string of the molecule is CC1(C)CN(C(=O)c2ccc(F)cc2O)CCN1. The van der Waals surface area contributed by atoms with Crippen LogP contribution in [-0.2, 0) is 0 Å². The molecule has 1 amide bonds. The first-order valence-electron chi connectivity index (χ1n) is 5.92. The molecule has 1 aromatic carbocycles. The first kappa shape index (κ1) is 12.8. The summed E-state index contributed by atoms with van der Waals surface area (Å²) in [6, 6.07) is 3.46. The van der Waals surface area contributed by atoms with Crippen LogP contribution in [0.5, 0.6) is 5.75 Å². The number of carbonyl (C=O) groups excluding carboxylic acids is 1. The Labute approximate surface area is 105 Å². The van der Waals surface area contributed by atoms with Gasteiger partial charge in [0.05, 0.1) is 5.56 Å². The molecule has 0 aliphatic carbocycles. The number of rotatable bonds is 1. The van der Waals surface area contributed by atoms with E-state index < -0.39 is 5.82 Å². The minimum absolute atomic E-state index is 0.147. The fourth-order valence-corrected chi connectivity index (χ4v) is 2.17. The van der Waals surface area contributed by atoms with Crippen LogP contribution in [0.3, 0.4) is 0 Å². The van der Waals surface area contributed by atoms with Crippen molar-refractivity contribution >= 4 is 5.91 Å². The fraction of sp³-hybridized carbons (Fsp3) is 0.462. The smallest absolute Gasteiger partial charge is 0.257 e. The zero-order valence-corrected chi connectivity index (χ0v) is 10.5. The van der Waals surface area contributed by atoms with Crippen LogP contribution in [-0.4, -0.2) is 41.1 Å². The Hall–Kier alpha value is -1.62. The van der Waals surface area contributed by atoms with Crippen LogP contribution in [0.1, 0.15) is 24.2 Å². The summed E-state index contributed by atoms with van der Waals surface area (Å²) < 4.78 is 12.9. The van der Waals surface area contributed by atoms with Gasteiger partial charge in [-0.25, -0.2) is 4.39 Å². The minimum Gasteiger partial charge on any atom is -0.507 e. The van der Waals surface area contributed by atoms with E-state index in [0.717, 1.165) is 6.07 Å². The van der Waals surface area contributed by atoms with Gasteiger partial charge in [-0.2, -0.15) is 0 Å². The van der Waals surface area contributed by atoms with Gasteiger partial charge in [0.15, 0.2) is 0 Å². The monoisotopic (exact) mass is 252 g/mol. The van der Waals surface area contributed by atoms with Crippen molar-refractivity contribution in [3.05, 3.63) is 29.6 Å². The normalized spacial score (nSPS) is 18.7. The van der Waals surface area contributed by atoms with Crippen LogP contribution in [0.15, 0.2) is 18.2 Å². The van der Waals surface area contributed by atoms with Crippen LogP contribution in [0.4, 0.5) is 4.39 Å². The van der Waals surface area contributed by atoms with E-state index >= 15 is 0 Å². The number of carbonyl (C=O) groups is 1. The Balaban J connectivity index is 2.20. The molecule has 1 aromatic rings. The van der Waals surface area contributed by atoms with Gasteiger partial charge in [-0.15, -0.1) is 0 Å². The summed E-state index contributed by atoms with van der Waals surface area (Å²) in [5.41, 5.74) is -0.00193. The molecule has 18 heavy (non-hydrogen) atoms. The van der Waals surface area contributed by atoms with Gasteiger partial charge in [-0.05, 0) is 26.0 Å². The van der Waals surface area contributed by atoms with E-state index in [0.29, 0.717) is 19.6 Å². The van der Waals surface area contributed by atoms with Crippen molar-refractivity contribution in [3.63, 3.8) is 0 Å². The standard InChI is InChI=1S/C13H17FN2O2/c1-13(2)8-16(6-5-15-13)12(18)10-4-3-9(14)7-11(10)17/h3-4,7,15,17H,5-6,8H2,1-2H3. The number of phenols is 1. The van der Waals surface area contributed by atoms with E-state index in [2.05, 4.69) is 5.32 Å². The van der Waals surface area contributed by atoms with Crippen LogP contribution >= 0.6 is 0 Å². The van der Waals surface area contributed by atoms with Gasteiger partial charge in [-0.1, -0.05) is 0 Å². The molecule has 0 radical (unpaired) electrons. The first-order chi connectivity index (χ1) is 8.39. The molecule has 1 aliphatic rings. The molecule has 2 rings (SSSR count). The molecule has 5 heteroatoms. The number of hydrogen-bond donors (Lipinski definition) is 2. The average Bonchev–Trinajstić information content (AvgIpc) is 2.27. The quantitative estimate of drug-likeness (QED) is 0.793. The fourth-order valence-electron chi connectivity index (χ4n) is 2.17. The van der Waals surface area contributed by atoms with Crippen molar-refractivity contribution in [1.29, 1.82) is 0 Å². The number of piperazine rings is 1. The Morgan fingerprint density at radius 3 is 2.83 bits per heavy atom. The van der Waals surface area contributed by atoms with Gasteiger partial charge < -0.3 is 15.3 Å². The van der Waals surface area contributed by atoms with Crippen molar-refractivity contribution in [2.75, 3.05) is 19.6 Å². The number of halogens is 1. The molecule has 98 valence electrons. The van der Waals surface area contributed by atoms with Crippen LogP contribution in [0.25, 0.3) is 0 Å². The Morgan fingerprint density at radius 2 is 2.22 bits per heavy atom. The van der Waals surface area contributed by atoms with Crippen molar-refractivity contribution in [2.24, 2.45) is 0 Å². The van der Waals surface area contributed by atoms with E-state index in [1.165, 1.54) is 12.1 Å². The number of benzene rings is 1. The van der Waals surface area contributed by atoms with Crippen molar-refractivity contribution < 1.29 is 14.3 Å². The third kappa shape index (κ3) is 2.61. The maximum atomic E-state index is 12.9. The molecule has 4 nitrogen and oxygen atoms in total. The zero-order chi connectivity index (χ0) is 13.3. The number of nitrogens with zero attached hydrogens (tertiary/aromatic N) is 1. The lowest BCUT2D eigenvalue weighted by Crippen LogP contribution is -2.58. The summed E-state index contributed by atoms with van der Waals surface area (Å²) >= 11 is 0. The van der Waals surface area contributed by atoms with E-state index in [9.17, 15) is 14.3 Å². The maximum absolute atomic E-state index is 12.9. The predicted octanol–water partition coefficient (Wildman–Crippen LogP) is 1.36. The molecule has 1 heterocycles. The highest BCUT2D eigenvalue weighted by molar-refractivity contribution is 5.96. The second-order valence-electron chi connectivity index (χ2n) is 5.20. The molecule has 0 atom stereocenters. The van der Waals surface area contributed by atoms with Gasteiger partial charge in [0.1, 0.15) is 11.6 Å². The minimum atomic E-state index is -0.551. The Morgan fingerprint density at radius 1 is 1.50 bits per heavy atom. The van der Waals surface area contributed by atoms with E-state index in [1.54, 1.807) is 4.90 Å². The Bertz CT molecular complexity index is 474. The number of hydrogen-bond acceptors (Lipinski definition) is 3. The molecule has 2 N–H and O–H groups in total. The van der Waals surface area contributed by atoms with Gasteiger partial charge in [-0.3, -0.25) is 4.79 Å². The third-order valence-electron chi connectivity index (χ3n) is 3.05. The molecule has 0 bridgehead atoms. The van der Waals surface area contributed by atoms with Crippen molar-refractivity contribution in [1.82, 2.24) is 10.2 Å². The van der Waals surface area contributed by atoms with Crippen LogP contribution in [0.2, 0.25) is 0 Å². The lowest BCUT2D eigenvalue weighted by atomic mass is 10.0. The summed E-state index contributed by atoms with van der Waals surface area (Å²) in [7, 11) is 0. The summed E-state index contributed by atoms with van der Waals surface area (Å²) in [6.07, 6.45) is 0. The number of nitrogens with one attached hydrogen (secondary N) is 1. The zero-order valence-electron chi connectivity index (χ0n) is 10.5. The molecule has 0 unspecified atom stereocenters. The van der Waals surface area contributed by atoms with E-state index in [4.69, 9.17) is 0 Å². The lowest BCUT2D eigenvalue weighted by molar-refractivity contribution is 0.0649. The second kappa shape index (κ2) is 4.57. The summed E-state index contributed by atoms with van der Waals surface area (Å²) in [4.78, 5) is 13.9. The van der Waals surface area contributed by atoms with Crippen molar-refractivity contribution in [3.8, 4) is 5.75 Å². The number of amides is 1. The third-order valence-corrected chi connectivity index (χ3v) is 3.05.